The second-order valence-electron chi connectivity index (χ2n) is 5.28. The predicted octanol–water partition coefficient (Wildman–Crippen LogP) is 3.33. The Morgan fingerprint density at radius 3 is 2.30 bits per heavy atom. The lowest BCUT2D eigenvalue weighted by Crippen LogP contribution is -1.95. The normalized spacial score (nSPS) is 10.4. The molecule has 0 radical (unpaired) electrons. The summed E-state index contributed by atoms with van der Waals surface area (Å²) in [6.07, 6.45) is 0. The van der Waals surface area contributed by atoms with E-state index in [1.807, 2.05) is 42.5 Å². The van der Waals surface area contributed by atoms with Crippen LogP contribution < -0.4 is 10.5 Å². The molecular weight excluding hydrogens is 370 g/mol. The van der Waals surface area contributed by atoms with E-state index in [9.17, 15) is 5.11 Å². The maximum Gasteiger partial charge on any atom is 0.425 e. The number of aliphatic hydroxyl groups is 1. The zero-order valence-electron chi connectivity index (χ0n) is 14.4. The van der Waals surface area contributed by atoms with Crippen molar-refractivity contribution in [2.24, 2.45) is 10.2 Å². The Labute approximate surface area is 157 Å². The Balaban J connectivity index is 0.000000596. The van der Waals surface area contributed by atoms with Gasteiger partial charge >= 0.3 is 10.6 Å². The topological polar surface area (TPSA) is 131 Å². The van der Waals surface area contributed by atoms with E-state index in [4.69, 9.17) is 23.1 Å². The summed E-state index contributed by atoms with van der Waals surface area (Å²) in [7, 11) is -1.57. The van der Waals surface area contributed by atoms with Crippen LogP contribution in [0, 0.1) is 0 Å². The highest BCUT2D eigenvalue weighted by Crippen LogP contribution is 2.33. The minimum Gasteiger partial charge on any atom is -0.495 e. The third-order valence-electron chi connectivity index (χ3n) is 3.63. The van der Waals surface area contributed by atoms with Gasteiger partial charge in [-0.25, -0.2) is 0 Å². The first kappa shape index (κ1) is 20.0. The molecule has 140 valence electrons. The SMILES string of the molecule is COc1cc(N=Nc2cccc3ccccc23)c(CO)cc1N.O=S(=O)=O. The molecule has 3 N–H and O–H groups in total. The number of nitrogens with zero attached hydrogens (tertiary/aromatic N) is 2. The van der Waals surface area contributed by atoms with E-state index < -0.39 is 10.6 Å². The van der Waals surface area contributed by atoms with Gasteiger partial charge in [0.05, 0.1) is 30.8 Å². The summed E-state index contributed by atoms with van der Waals surface area (Å²) in [5, 5.41) is 20.2. The van der Waals surface area contributed by atoms with Crippen LogP contribution in [0.5, 0.6) is 5.75 Å². The van der Waals surface area contributed by atoms with Crippen molar-refractivity contribution in [1.29, 1.82) is 0 Å². The fourth-order valence-electron chi connectivity index (χ4n) is 2.43. The number of hydrogen-bond donors (Lipinski definition) is 2. The molecule has 9 heteroatoms. The van der Waals surface area contributed by atoms with Crippen LogP contribution in [0.4, 0.5) is 17.1 Å². The second kappa shape index (κ2) is 9.41. The Morgan fingerprint density at radius 2 is 1.63 bits per heavy atom. The quantitative estimate of drug-likeness (QED) is 0.521. The monoisotopic (exact) mass is 387 g/mol. The molecule has 0 amide bonds. The first-order valence-corrected chi connectivity index (χ1v) is 8.69. The first-order chi connectivity index (χ1) is 13.0. The number of methoxy groups -OCH3 is 1. The van der Waals surface area contributed by atoms with Crippen LogP contribution in [0.15, 0.2) is 64.8 Å². The molecule has 27 heavy (non-hydrogen) atoms. The van der Waals surface area contributed by atoms with Crippen LogP contribution in [-0.4, -0.2) is 24.8 Å². The van der Waals surface area contributed by atoms with Crippen LogP contribution in [-0.2, 0) is 17.2 Å². The number of benzene rings is 3. The maximum atomic E-state index is 9.48. The van der Waals surface area contributed by atoms with Crippen molar-refractivity contribution in [1.82, 2.24) is 0 Å². The van der Waals surface area contributed by atoms with E-state index in [0.717, 1.165) is 16.5 Å². The van der Waals surface area contributed by atoms with Gasteiger partial charge in [0.2, 0.25) is 0 Å². The van der Waals surface area contributed by atoms with Crippen LogP contribution in [0.1, 0.15) is 5.56 Å². The second-order valence-corrected chi connectivity index (χ2v) is 5.69. The van der Waals surface area contributed by atoms with Gasteiger partial charge in [-0.3, -0.25) is 0 Å². The number of hydrogen-bond acceptors (Lipinski definition) is 8. The summed E-state index contributed by atoms with van der Waals surface area (Å²) in [6.45, 7) is -0.169. The lowest BCUT2D eigenvalue weighted by Gasteiger charge is -2.08. The van der Waals surface area contributed by atoms with Crippen LogP contribution in [0.2, 0.25) is 0 Å². The molecule has 0 fully saturated rings. The van der Waals surface area contributed by atoms with Crippen molar-refractivity contribution >= 4 is 38.4 Å². The van der Waals surface area contributed by atoms with Crippen molar-refractivity contribution in [3.63, 3.8) is 0 Å². The van der Waals surface area contributed by atoms with Gasteiger partial charge in [0.15, 0.2) is 0 Å². The minimum atomic E-state index is -3.11. The number of azo groups is 1. The number of nitrogen functional groups attached to an aromatic ring is 1. The molecule has 0 unspecified atom stereocenters. The fourth-order valence-corrected chi connectivity index (χ4v) is 2.43. The van der Waals surface area contributed by atoms with Gasteiger partial charge < -0.3 is 15.6 Å². The van der Waals surface area contributed by atoms with Crippen molar-refractivity contribution < 1.29 is 22.5 Å². The summed E-state index contributed by atoms with van der Waals surface area (Å²) < 4.78 is 30.5. The fraction of sp³-hybridized carbons (Fsp3) is 0.111. The van der Waals surface area contributed by atoms with E-state index in [1.54, 1.807) is 12.1 Å². The van der Waals surface area contributed by atoms with Gasteiger partial charge in [0.25, 0.3) is 0 Å². The number of fused-ring (bicyclic) bond motifs is 1. The molecular formula is C18H17N3O5S. The number of anilines is 1. The van der Waals surface area contributed by atoms with E-state index in [1.165, 1.54) is 7.11 Å². The van der Waals surface area contributed by atoms with Crippen molar-refractivity contribution in [3.05, 3.63) is 60.2 Å². The summed E-state index contributed by atoms with van der Waals surface area (Å²) in [5.74, 6) is 0.508. The molecule has 0 aliphatic carbocycles. The van der Waals surface area contributed by atoms with Crippen molar-refractivity contribution in [3.8, 4) is 5.75 Å². The van der Waals surface area contributed by atoms with Crippen molar-refractivity contribution in [2.75, 3.05) is 12.8 Å². The number of nitrogens with two attached hydrogens (primary N) is 1. The van der Waals surface area contributed by atoms with Crippen molar-refractivity contribution in [2.45, 2.75) is 6.61 Å². The highest BCUT2D eigenvalue weighted by molar-refractivity contribution is 7.59. The molecule has 0 bridgehead atoms. The zero-order valence-corrected chi connectivity index (χ0v) is 15.2. The average Bonchev–Trinajstić information content (AvgIpc) is 2.66. The summed E-state index contributed by atoms with van der Waals surface area (Å²) in [6, 6.07) is 17.2. The van der Waals surface area contributed by atoms with Gasteiger partial charge in [-0.05, 0) is 17.5 Å². The number of ether oxygens (including phenoxy) is 1. The number of rotatable bonds is 4. The largest absolute Gasteiger partial charge is 0.495 e. The van der Waals surface area contributed by atoms with E-state index in [-0.39, 0.29) is 6.61 Å². The molecule has 3 rings (SSSR count). The molecule has 8 nitrogen and oxygen atoms in total. The smallest absolute Gasteiger partial charge is 0.425 e. The summed E-state index contributed by atoms with van der Waals surface area (Å²) in [4.78, 5) is 0. The molecule has 0 atom stereocenters. The zero-order chi connectivity index (χ0) is 19.8. The minimum absolute atomic E-state index is 0.169. The Hall–Kier alpha value is -3.30. The molecule has 0 aliphatic heterocycles. The molecule has 0 heterocycles. The molecule has 3 aromatic carbocycles. The molecule has 0 aromatic heterocycles. The highest BCUT2D eigenvalue weighted by Gasteiger charge is 2.08. The highest BCUT2D eigenvalue weighted by atomic mass is 32.2. The molecule has 0 saturated heterocycles. The Bertz CT molecular complexity index is 1070. The summed E-state index contributed by atoms with van der Waals surface area (Å²) in [5.41, 5.74) is 8.21. The Morgan fingerprint density at radius 1 is 1.00 bits per heavy atom. The van der Waals surface area contributed by atoms with E-state index in [2.05, 4.69) is 10.2 Å². The lowest BCUT2D eigenvalue weighted by molar-refractivity contribution is 0.282. The molecule has 0 spiro atoms. The van der Waals surface area contributed by atoms with Gasteiger partial charge in [-0.1, -0.05) is 36.4 Å². The molecule has 0 saturated carbocycles. The summed E-state index contributed by atoms with van der Waals surface area (Å²) >= 11 is 0. The van der Waals surface area contributed by atoms with E-state index in [0.29, 0.717) is 22.7 Å². The first-order valence-electron chi connectivity index (χ1n) is 7.69. The lowest BCUT2D eigenvalue weighted by atomic mass is 10.1. The maximum absolute atomic E-state index is 9.48. The third-order valence-corrected chi connectivity index (χ3v) is 3.63. The van der Waals surface area contributed by atoms with Crippen LogP contribution in [0.3, 0.4) is 0 Å². The van der Waals surface area contributed by atoms with Gasteiger partial charge in [0.1, 0.15) is 5.75 Å². The molecule has 3 aromatic rings. The van der Waals surface area contributed by atoms with Crippen LogP contribution >= 0.6 is 0 Å². The van der Waals surface area contributed by atoms with Gasteiger partial charge in [-0.2, -0.15) is 5.11 Å². The van der Waals surface area contributed by atoms with Gasteiger partial charge in [0, 0.05) is 17.0 Å². The van der Waals surface area contributed by atoms with E-state index >= 15 is 0 Å². The van der Waals surface area contributed by atoms with Crippen LogP contribution in [0.25, 0.3) is 10.8 Å². The molecule has 0 aliphatic rings. The number of aliphatic hydroxyl groups excluding tert-OH is 1. The standard InChI is InChI=1S/C18H17N3O2.O3S/c1-23-18-10-17(13(11-22)9-15(18)19)21-20-16-8-4-6-12-5-2-3-7-14(12)16;1-4(2)3/h2-10,22H,11,19H2,1H3;. The Kier molecular flexibility index (Phi) is 6.98. The van der Waals surface area contributed by atoms with Gasteiger partial charge in [-0.15, -0.1) is 17.7 Å². The third kappa shape index (κ3) is 5.33. The average molecular weight is 387 g/mol. The predicted molar refractivity (Wildman–Crippen MR) is 101 cm³/mol.